The molecular weight excluding hydrogens is 386 g/mol. The van der Waals surface area contributed by atoms with Crippen LogP contribution in [0.15, 0.2) is 42.7 Å². The van der Waals surface area contributed by atoms with Gasteiger partial charge in [0.05, 0.1) is 13.3 Å². The lowest BCUT2D eigenvalue weighted by atomic mass is 9.92. The summed E-state index contributed by atoms with van der Waals surface area (Å²) in [4.78, 5) is 22.6. The molecule has 1 aromatic heterocycles. The SMILES string of the molecule is COc1cncc(-c2ccc(CN3CCCC34CCN(C3CCCCC3)C4=O)cc2)c1. The molecule has 3 heterocycles. The highest BCUT2D eigenvalue weighted by Crippen LogP contribution is 2.42. The van der Waals surface area contributed by atoms with Crippen LogP contribution in [0.3, 0.4) is 0 Å². The number of rotatable bonds is 5. The highest BCUT2D eigenvalue weighted by Gasteiger charge is 2.54. The van der Waals surface area contributed by atoms with Crippen molar-refractivity contribution in [2.24, 2.45) is 0 Å². The fourth-order valence-corrected chi connectivity index (χ4v) is 5.92. The van der Waals surface area contributed by atoms with E-state index < -0.39 is 0 Å². The zero-order valence-electron chi connectivity index (χ0n) is 18.6. The predicted octanol–water partition coefficient (Wildman–Crippen LogP) is 4.66. The van der Waals surface area contributed by atoms with Crippen LogP contribution in [0.25, 0.3) is 11.1 Å². The summed E-state index contributed by atoms with van der Waals surface area (Å²) < 4.78 is 5.30. The second-order valence-corrected chi connectivity index (χ2v) is 9.41. The lowest BCUT2D eigenvalue weighted by Crippen LogP contribution is -2.51. The summed E-state index contributed by atoms with van der Waals surface area (Å²) in [6.45, 7) is 2.81. The Morgan fingerprint density at radius 1 is 1.00 bits per heavy atom. The van der Waals surface area contributed by atoms with Crippen molar-refractivity contribution in [1.29, 1.82) is 0 Å². The number of ether oxygens (including phenoxy) is 1. The van der Waals surface area contributed by atoms with Crippen LogP contribution in [-0.2, 0) is 11.3 Å². The quantitative estimate of drug-likeness (QED) is 0.707. The first-order chi connectivity index (χ1) is 15.2. The molecule has 5 heteroatoms. The van der Waals surface area contributed by atoms with Gasteiger partial charge >= 0.3 is 0 Å². The van der Waals surface area contributed by atoms with E-state index in [4.69, 9.17) is 4.74 Å². The Balaban J connectivity index is 1.30. The third kappa shape index (κ3) is 3.84. The summed E-state index contributed by atoms with van der Waals surface area (Å²) in [5.74, 6) is 1.18. The molecule has 1 aromatic carbocycles. The molecule has 1 aliphatic carbocycles. The summed E-state index contributed by atoms with van der Waals surface area (Å²) in [6.07, 6.45) is 13.0. The molecule has 31 heavy (non-hydrogen) atoms. The molecule has 1 unspecified atom stereocenters. The minimum Gasteiger partial charge on any atom is -0.495 e. The molecular formula is C26H33N3O2. The van der Waals surface area contributed by atoms with Crippen molar-refractivity contribution in [3.63, 3.8) is 0 Å². The van der Waals surface area contributed by atoms with Gasteiger partial charge in [-0.05, 0) is 55.8 Å². The van der Waals surface area contributed by atoms with E-state index in [9.17, 15) is 4.79 Å². The Hall–Kier alpha value is -2.40. The van der Waals surface area contributed by atoms with Crippen LogP contribution in [0.5, 0.6) is 5.75 Å². The number of benzene rings is 1. The van der Waals surface area contributed by atoms with Gasteiger partial charge in [0.1, 0.15) is 11.3 Å². The highest BCUT2D eigenvalue weighted by atomic mass is 16.5. The third-order valence-electron chi connectivity index (χ3n) is 7.67. The average molecular weight is 420 g/mol. The van der Waals surface area contributed by atoms with E-state index in [1.807, 2.05) is 12.3 Å². The Kier molecular flexibility index (Phi) is 5.70. The Labute approximate surface area is 185 Å². The number of likely N-dealkylation sites (tertiary alicyclic amines) is 2. The summed E-state index contributed by atoms with van der Waals surface area (Å²) in [5.41, 5.74) is 3.20. The molecule has 1 amide bonds. The second kappa shape index (κ2) is 8.62. The first-order valence-corrected chi connectivity index (χ1v) is 11.8. The number of pyridine rings is 1. The number of carbonyl (C=O) groups is 1. The minimum absolute atomic E-state index is 0.257. The first kappa shape index (κ1) is 20.5. The van der Waals surface area contributed by atoms with Gasteiger partial charge in [-0.2, -0.15) is 0 Å². The Bertz CT molecular complexity index is 923. The zero-order chi connectivity index (χ0) is 21.3. The van der Waals surface area contributed by atoms with Crippen molar-refractivity contribution < 1.29 is 9.53 Å². The molecule has 1 spiro atoms. The molecule has 0 bridgehead atoms. The summed E-state index contributed by atoms with van der Waals surface area (Å²) >= 11 is 0. The standard InChI is InChI=1S/C26H33N3O2/c1-31-24-16-22(17-27-18-24)21-10-8-20(9-11-21)19-28-14-5-12-26(28)13-15-29(25(26)30)23-6-3-2-4-7-23/h8-11,16-18,23H,2-7,12-15,19H2,1H3. The lowest BCUT2D eigenvalue weighted by molar-refractivity contribution is -0.139. The van der Waals surface area contributed by atoms with E-state index in [1.54, 1.807) is 13.3 Å². The molecule has 1 atom stereocenters. The van der Waals surface area contributed by atoms with E-state index in [-0.39, 0.29) is 5.54 Å². The van der Waals surface area contributed by atoms with Gasteiger partial charge in [-0.1, -0.05) is 43.5 Å². The molecule has 2 aliphatic heterocycles. The Morgan fingerprint density at radius 3 is 2.58 bits per heavy atom. The first-order valence-electron chi connectivity index (χ1n) is 11.8. The van der Waals surface area contributed by atoms with Crippen molar-refractivity contribution in [2.75, 3.05) is 20.2 Å². The largest absolute Gasteiger partial charge is 0.495 e. The van der Waals surface area contributed by atoms with Crippen LogP contribution < -0.4 is 4.74 Å². The topological polar surface area (TPSA) is 45.7 Å². The molecule has 1 saturated carbocycles. The van der Waals surface area contributed by atoms with E-state index in [0.717, 1.165) is 55.8 Å². The van der Waals surface area contributed by atoms with Crippen LogP contribution in [0.2, 0.25) is 0 Å². The molecule has 2 saturated heterocycles. The maximum Gasteiger partial charge on any atom is 0.243 e. The number of aromatic nitrogens is 1. The van der Waals surface area contributed by atoms with Gasteiger partial charge in [-0.3, -0.25) is 14.7 Å². The number of nitrogens with zero attached hydrogens (tertiary/aromatic N) is 3. The van der Waals surface area contributed by atoms with Crippen LogP contribution in [0.1, 0.15) is 56.9 Å². The average Bonchev–Trinajstić information content (AvgIpc) is 3.38. The van der Waals surface area contributed by atoms with Crippen molar-refractivity contribution in [1.82, 2.24) is 14.8 Å². The maximum absolute atomic E-state index is 13.6. The van der Waals surface area contributed by atoms with E-state index in [2.05, 4.69) is 39.0 Å². The van der Waals surface area contributed by atoms with Gasteiger partial charge in [-0.25, -0.2) is 0 Å². The minimum atomic E-state index is -0.257. The zero-order valence-corrected chi connectivity index (χ0v) is 18.6. The van der Waals surface area contributed by atoms with Crippen LogP contribution in [0.4, 0.5) is 0 Å². The number of hydrogen-bond acceptors (Lipinski definition) is 4. The van der Waals surface area contributed by atoms with Crippen LogP contribution >= 0.6 is 0 Å². The molecule has 3 fully saturated rings. The van der Waals surface area contributed by atoms with Crippen molar-refractivity contribution >= 4 is 5.91 Å². The monoisotopic (exact) mass is 419 g/mol. The van der Waals surface area contributed by atoms with Gasteiger partial charge in [0, 0.05) is 30.9 Å². The lowest BCUT2D eigenvalue weighted by Gasteiger charge is -2.36. The highest BCUT2D eigenvalue weighted by molar-refractivity contribution is 5.89. The molecule has 164 valence electrons. The van der Waals surface area contributed by atoms with E-state index in [0.29, 0.717) is 11.9 Å². The fourth-order valence-electron chi connectivity index (χ4n) is 5.92. The van der Waals surface area contributed by atoms with Crippen molar-refractivity contribution in [3.05, 3.63) is 48.3 Å². The van der Waals surface area contributed by atoms with Crippen LogP contribution in [-0.4, -0.2) is 52.5 Å². The molecule has 0 N–H and O–H groups in total. The number of hydrogen-bond donors (Lipinski definition) is 0. The molecule has 3 aliphatic rings. The maximum atomic E-state index is 13.6. The second-order valence-electron chi connectivity index (χ2n) is 9.41. The third-order valence-corrected chi connectivity index (χ3v) is 7.67. The van der Waals surface area contributed by atoms with Crippen molar-refractivity contribution in [2.45, 2.75) is 69.5 Å². The summed E-state index contributed by atoms with van der Waals surface area (Å²) in [7, 11) is 1.66. The molecule has 5 nitrogen and oxygen atoms in total. The normalized spacial score (nSPS) is 24.9. The van der Waals surface area contributed by atoms with Gasteiger partial charge in [-0.15, -0.1) is 0 Å². The number of carbonyl (C=O) groups excluding carboxylic acids is 1. The summed E-state index contributed by atoms with van der Waals surface area (Å²) in [6, 6.07) is 11.2. The number of amides is 1. The van der Waals surface area contributed by atoms with E-state index >= 15 is 0 Å². The number of methoxy groups -OCH3 is 1. The van der Waals surface area contributed by atoms with E-state index in [1.165, 1.54) is 37.7 Å². The molecule has 0 radical (unpaired) electrons. The van der Waals surface area contributed by atoms with Crippen molar-refractivity contribution in [3.8, 4) is 16.9 Å². The van der Waals surface area contributed by atoms with Gasteiger partial charge < -0.3 is 9.64 Å². The fraction of sp³-hybridized carbons (Fsp3) is 0.538. The molecule has 2 aromatic rings. The Morgan fingerprint density at radius 2 is 1.81 bits per heavy atom. The van der Waals surface area contributed by atoms with Crippen LogP contribution in [0, 0.1) is 0 Å². The predicted molar refractivity (Wildman–Crippen MR) is 122 cm³/mol. The smallest absolute Gasteiger partial charge is 0.243 e. The molecule has 5 rings (SSSR count). The van der Waals surface area contributed by atoms with Gasteiger partial charge in [0.2, 0.25) is 5.91 Å². The van der Waals surface area contributed by atoms with Gasteiger partial charge in [0.25, 0.3) is 0 Å². The summed E-state index contributed by atoms with van der Waals surface area (Å²) in [5, 5.41) is 0. The van der Waals surface area contributed by atoms with Gasteiger partial charge in [0.15, 0.2) is 0 Å².